The zero-order valence-corrected chi connectivity index (χ0v) is 8.88. The summed E-state index contributed by atoms with van der Waals surface area (Å²) in [5.41, 5.74) is 1.20. The summed E-state index contributed by atoms with van der Waals surface area (Å²) in [6.07, 6.45) is 4.88. The molecule has 1 aromatic rings. The quantitative estimate of drug-likeness (QED) is 0.799. The predicted molar refractivity (Wildman–Crippen MR) is 56.1 cm³/mol. The van der Waals surface area contributed by atoms with Crippen molar-refractivity contribution in [2.24, 2.45) is 0 Å². The summed E-state index contributed by atoms with van der Waals surface area (Å²) in [5.74, 6) is 0.575. The first-order valence-corrected chi connectivity index (χ1v) is 4.47. The van der Waals surface area contributed by atoms with Crippen LogP contribution in [0.15, 0.2) is 12.4 Å². The maximum absolute atomic E-state index is 4.89. The highest BCUT2D eigenvalue weighted by Gasteiger charge is 2.16. The monoisotopic (exact) mass is 215 g/mol. The average Bonchev–Trinajstić information content (AvgIpc) is 2.71. The van der Waals surface area contributed by atoms with Crippen molar-refractivity contribution in [1.82, 2.24) is 15.3 Å². The van der Waals surface area contributed by atoms with Crippen molar-refractivity contribution < 1.29 is 4.74 Å². The van der Waals surface area contributed by atoms with Gasteiger partial charge in [0.2, 0.25) is 0 Å². The number of ether oxygens (including phenoxy) is 1. The van der Waals surface area contributed by atoms with E-state index in [1.54, 1.807) is 7.11 Å². The first kappa shape index (κ1) is 11.2. The van der Waals surface area contributed by atoms with Crippen LogP contribution in [0.25, 0.3) is 0 Å². The smallest absolute Gasteiger partial charge is 0.316 e. The Morgan fingerprint density at radius 3 is 2.64 bits per heavy atom. The van der Waals surface area contributed by atoms with Crippen molar-refractivity contribution in [1.29, 1.82) is 0 Å². The molecule has 0 saturated carbocycles. The molecule has 1 fully saturated rings. The molecule has 1 aliphatic heterocycles. The number of aromatic nitrogens is 2. The molecule has 4 nitrogen and oxygen atoms in total. The van der Waals surface area contributed by atoms with Crippen molar-refractivity contribution in [3.05, 3.63) is 18.0 Å². The molecule has 0 aromatic carbocycles. The van der Waals surface area contributed by atoms with Crippen LogP contribution in [0.4, 0.5) is 0 Å². The zero-order chi connectivity index (χ0) is 9.10. The Bertz CT molecular complexity index is 272. The highest BCUT2D eigenvalue weighted by Crippen LogP contribution is 2.21. The molecule has 1 saturated heterocycles. The van der Waals surface area contributed by atoms with Gasteiger partial charge in [-0.2, -0.15) is 0 Å². The lowest BCUT2D eigenvalue weighted by atomic mass is 10.0. The lowest BCUT2D eigenvalue weighted by Crippen LogP contribution is -2.08. The summed E-state index contributed by atoms with van der Waals surface area (Å²) in [4.78, 5) is 8.16. The van der Waals surface area contributed by atoms with Crippen molar-refractivity contribution in [2.75, 3.05) is 20.2 Å². The van der Waals surface area contributed by atoms with Gasteiger partial charge in [0.15, 0.2) is 0 Å². The Kier molecular flexibility index (Phi) is 4.10. The van der Waals surface area contributed by atoms with Gasteiger partial charge in [-0.25, -0.2) is 9.97 Å². The van der Waals surface area contributed by atoms with Crippen LogP contribution in [0.2, 0.25) is 0 Å². The maximum atomic E-state index is 4.89. The summed E-state index contributed by atoms with van der Waals surface area (Å²) in [6.45, 7) is 2.13. The second kappa shape index (κ2) is 5.12. The summed E-state index contributed by atoms with van der Waals surface area (Å²) in [6, 6.07) is 0.440. The van der Waals surface area contributed by atoms with E-state index in [-0.39, 0.29) is 12.4 Å². The lowest BCUT2D eigenvalue weighted by Gasteiger charge is -2.07. The normalized spacial score (nSPS) is 20.2. The molecule has 1 aliphatic rings. The number of nitrogens with one attached hydrogen (secondary N) is 1. The van der Waals surface area contributed by atoms with Gasteiger partial charge in [-0.05, 0) is 18.5 Å². The van der Waals surface area contributed by atoms with Gasteiger partial charge in [0, 0.05) is 24.9 Å². The van der Waals surface area contributed by atoms with Gasteiger partial charge in [0.1, 0.15) is 0 Å². The fourth-order valence-corrected chi connectivity index (χ4v) is 1.58. The molecular weight excluding hydrogens is 202 g/mol. The van der Waals surface area contributed by atoms with Gasteiger partial charge in [0.25, 0.3) is 0 Å². The molecule has 1 unspecified atom stereocenters. The van der Waals surface area contributed by atoms with E-state index >= 15 is 0 Å². The summed E-state index contributed by atoms with van der Waals surface area (Å²) in [5, 5.41) is 3.31. The number of methoxy groups -OCH3 is 1. The Hall–Kier alpha value is -0.870. The second-order valence-electron chi connectivity index (χ2n) is 3.19. The lowest BCUT2D eigenvalue weighted by molar-refractivity contribution is 0.379. The average molecular weight is 216 g/mol. The zero-order valence-electron chi connectivity index (χ0n) is 8.06. The minimum absolute atomic E-state index is 0. The molecule has 1 atom stereocenters. The third-order valence-electron chi connectivity index (χ3n) is 2.36. The molecule has 14 heavy (non-hydrogen) atoms. The first-order valence-electron chi connectivity index (χ1n) is 4.47. The molecule has 2 heterocycles. The van der Waals surface area contributed by atoms with E-state index in [9.17, 15) is 0 Å². The predicted octanol–water partition coefficient (Wildman–Crippen LogP) is 0.984. The van der Waals surface area contributed by atoms with Crippen molar-refractivity contribution in [3.63, 3.8) is 0 Å². The van der Waals surface area contributed by atoms with Gasteiger partial charge in [-0.15, -0.1) is 12.4 Å². The molecule has 0 radical (unpaired) electrons. The van der Waals surface area contributed by atoms with Gasteiger partial charge in [-0.1, -0.05) is 0 Å². The van der Waals surface area contributed by atoms with E-state index in [4.69, 9.17) is 4.74 Å². The van der Waals surface area contributed by atoms with E-state index in [1.807, 2.05) is 12.4 Å². The van der Waals surface area contributed by atoms with Gasteiger partial charge < -0.3 is 10.1 Å². The molecule has 0 bridgehead atoms. The second-order valence-corrected chi connectivity index (χ2v) is 3.19. The summed E-state index contributed by atoms with van der Waals surface area (Å²) in [7, 11) is 1.58. The number of rotatable bonds is 2. The van der Waals surface area contributed by atoms with Crippen LogP contribution in [0.3, 0.4) is 0 Å². The van der Waals surface area contributed by atoms with E-state index in [0.717, 1.165) is 13.1 Å². The van der Waals surface area contributed by atoms with Crippen LogP contribution >= 0.6 is 12.4 Å². The van der Waals surface area contributed by atoms with Crippen molar-refractivity contribution in [3.8, 4) is 6.01 Å². The van der Waals surface area contributed by atoms with Gasteiger partial charge in [-0.3, -0.25) is 0 Å². The topological polar surface area (TPSA) is 47.0 Å². The number of hydrogen-bond acceptors (Lipinski definition) is 4. The Morgan fingerprint density at radius 1 is 1.43 bits per heavy atom. The minimum Gasteiger partial charge on any atom is -0.467 e. The Labute approximate surface area is 89.5 Å². The molecule has 5 heteroatoms. The van der Waals surface area contributed by atoms with E-state index < -0.39 is 0 Å². The van der Waals surface area contributed by atoms with Gasteiger partial charge >= 0.3 is 6.01 Å². The highest BCUT2D eigenvalue weighted by atomic mass is 35.5. The summed E-state index contributed by atoms with van der Waals surface area (Å²) < 4.78 is 4.89. The number of nitrogens with zero attached hydrogens (tertiary/aromatic N) is 2. The molecule has 78 valence electrons. The van der Waals surface area contributed by atoms with E-state index in [0.29, 0.717) is 11.9 Å². The third kappa shape index (κ3) is 2.33. The third-order valence-corrected chi connectivity index (χ3v) is 2.36. The number of halogens is 1. The van der Waals surface area contributed by atoms with Crippen molar-refractivity contribution in [2.45, 2.75) is 12.3 Å². The van der Waals surface area contributed by atoms with Crippen LogP contribution in [0.5, 0.6) is 6.01 Å². The summed E-state index contributed by atoms with van der Waals surface area (Å²) >= 11 is 0. The fraction of sp³-hybridized carbons (Fsp3) is 0.556. The first-order chi connectivity index (χ1) is 6.40. The molecule has 1 aromatic heterocycles. The van der Waals surface area contributed by atoms with Crippen LogP contribution in [-0.4, -0.2) is 30.2 Å². The maximum Gasteiger partial charge on any atom is 0.316 e. The van der Waals surface area contributed by atoms with Crippen LogP contribution < -0.4 is 10.1 Å². The largest absolute Gasteiger partial charge is 0.467 e. The molecule has 0 aliphatic carbocycles. The SMILES string of the molecule is COc1ncc(C2CCNC2)cn1.Cl. The standard InChI is InChI=1S/C9H13N3O.ClH/c1-13-9-11-5-8(6-12-9)7-2-3-10-4-7;/h5-7,10H,2-4H2,1H3;1H. The molecular formula is C9H14ClN3O. The van der Waals surface area contributed by atoms with Gasteiger partial charge in [0.05, 0.1) is 7.11 Å². The molecule has 1 N–H and O–H groups in total. The fourth-order valence-electron chi connectivity index (χ4n) is 1.58. The minimum atomic E-state index is 0. The highest BCUT2D eigenvalue weighted by molar-refractivity contribution is 5.85. The van der Waals surface area contributed by atoms with Crippen LogP contribution in [-0.2, 0) is 0 Å². The number of hydrogen-bond donors (Lipinski definition) is 1. The van der Waals surface area contributed by atoms with Crippen molar-refractivity contribution >= 4 is 12.4 Å². The van der Waals surface area contributed by atoms with Crippen LogP contribution in [0.1, 0.15) is 17.9 Å². The Balaban J connectivity index is 0.000000980. The van der Waals surface area contributed by atoms with E-state index in [1.165, 1.54) is 12.0 Å². The molecule has 0 spiro atoms. The molecule has 0 amide bonds. The van der Waals surface area contributed by atoms with Crippen LogP contribution in [0, 0.1) is 0 Å². The molecule has 2 rings (SSSR count). The van der Waals surface area contributed by atoms with E-state index in [2.05, 4.69) is 15.3 Å². The Morgan fingerprint density at radius 2 is 2.14 bits per heavy atom.